The predicted octanol–water partition coefficient (Wildman–Crippen LogP) is 1.62. The quantitative estimate of drug-likeness (QED) is 0.840. The molecule has 1 amide bonds. The lowest BCUT2D eigenvalue weighted by atomic mass is 10.0. The minimum absolute atomic E-state index is 0.179. The highest BCUT2D eigenvalue weighted by molar-refractivity contribution is 5.77. The Labute approximate surface area is 110 Å². The molecule has 1 aromatic rings. The van der Waals surface area contributed by atoms with Crippen molar-refractivity contribution in [2.45, 2.75) is 31.6 Å². The lowest BCUT2D eigenvalue weighted by molar-refractivity contribution is -0.150. The van der Waals surface area contributed by atoms with Gasteiger partial charge in [0.15, 0.2) is 0 Å². The van der Waals surface area contributed by atoms with Gasteiger partial charge in [-0.25, -0.2) is 4.79 Å². The molecule has 1 saturated carbocycles. The smallest absolute Gasteiger partial charge is 0.407 e. The van der Waals surface area contributed by atoms with Gasteiger partial charge >= 0.3 is 12.1 Å². The third-order valence-corrected chi connectivity index (χ3v) is 3.67. The molecule has 1 N–H and O–H groups in total. The summed E-state index contributed by atoms with van der Waals surface area (Å²) in [7, 11) is 0. The number of rotatable bonds is 3. The molecule has 3 rings (SSSR count). The van der Waals surface area contributed by atoms with E-state index in [4.69, 9.17) is 9.47 Å². The second-order valence-corrected chi connectivity index (χ2v) is 4.89. The molecular formula is C14H15NO4. The van der Waals surface area contributed by atoms with Crippen LogP contribution in [0, 0.1) is 5.92 Å². The SMILES string of the molecule is O=C1N[C@H]2[C@H](CC[C@H]2C(=O)OCc2ccccc2)O1. The summed E-state index contributed by atoms with van der Waals surface area (Å²) in [6.07, 6.45) is 0.801. The van der Waals surface area contributed by atoms with Crippen LogP contribution in [0.2, 0.25) is 0 Å². The van der Waals surface area contributed by atoms with Gasteiger partial charge in [-0.15, -0.1) is 0 Å². The molecule has 1 saturated heterocycles. The highest BCUT2D eigenvalue weighted by Gasteiger charge is 2.48. The van der Waals surface area contributed by atoms with Crippen LogP contribution in [0.3, 0.4) is 0 Å². The van der Waals surface area contributed by atoms with Crippen molar-refractivity contribution in [2.75, 3.05) is 0 Å². The van der Waals surface area contributed by atoms with Crippen LogP contribution in [0.15, 0.2) is 30.3 Å². The van der Waals surface area contributed by atoms with Gasteiger partial charge in [0, 0.05) is 0 Å². The second kappa shape index (κ2) is 4.91. The predicted molar refractivity (Wildman–Crippen MR) is 66.2 cm³/mol. The maximum atomic E-state index is 12.0. The van der Waals surface area contributed by atoms with E-state index in [9.17, 15) is 9.59 Å². The van der Waals surface area contributed by atoms with E-state index < -0.39 is 6.09 Å². The summed E-state index contributed by atoms with van der Waals surface area (Å²) < 4.78 is 10.4. The van der Waals surface area contributed by atoms with Gasteiger partial charge in [0.05, 0.1) is 12.0 Å². The third kappa shape index (κ3) is 2.41. The molecule has 5 nitrogen and oxygen atoms in total. The van der Waals surface area contributed by atoms with Gasteiger partial charge in [-0.2, -0.15) is 0 Å². The van der Waals surface area contributed by atoms with Crippen molar-refractivity contribution in [3.63, 3.8) is 0 Å². The zero-order valence-electron chi connectivity index (χ0n) is 10.4. The Morgan fingerprint density at radius 2 is 2.11 bits per heavy atom. The average molecular weight is 261 g/mol. The Morgan fingerprint density at radius 1 is 1.32 bits per heavy atom. The number of alkyl carbamates (subject to hydrolysis) is 1. The topological polar surface area (TPSA) is 64.6 Å². The van der Waals surface area contributed by atoms with E-state index in [-0.39, 0.29) is 30.6 Å². The Bertz CT molecular complexity index is 487. The first-order chi connectivity index (χ1) is 9.24. The van der Waals surface area contributed by atoms with Crippen molar-refractivity contribution < 1.29 is 19.1 Å². The molecule has 3 atom stereocenters. The molecule has 1 aliphatic carbocycles. The fourth-order valence-corrected chi connectivity index (χ4v) is 2.70. The number of benzene rings is 1. The molecule has 0 spiro atoms. The number of amides is 1. The van der Waals surface area contributed by atoms with Crippen LogP contribution in [-0.2, 0) is 20.9 Å². The van der Waals surface area contributed by atoms with Crippen molar-refractivity contribution in [3.8, 4) is 0 Å². The van der Waals surface area contributed by atoms with E-state index >= 15 is 0 Å². The molecule has 100 valence electrons. The van der Waals surface area contributed by atoms with Crippen molar-refractivity contribution in [2.24, 2.45) is 5.92 Å². The van der Waals surface area contributed by atoms with Crippen LogP contribution in [0.1, 0.15) is 18.4 Å². The summed E-state index contributed by atoms with van der Waals surface area (Å²) in [5, 5.41) is 2.68. The Hall–Kier alpha value is -2.04. The zero-order chi connectivity index (χ0) is 13.2. The molecular weight excluding hydrogens is 246 g/mol. The summed E-state index contributed by atoms with van der Waals surface area (Å²) in [6, 6.07) is 9.31. The lowest BCUT2D eigenvalue weighted by Gasteiger charge is -2.15. The summed E-state index contributed by atoms with van der Waals surface area (Å²) in [5.74, 6) is -0.553. The summed E-state index contributed by atoms with van der Waals surface area (Å²) in [6.45, 7) is 0.266. The Morgan fingerprint density at radius 3 is 2.89 bits per heavy atom. The molecule has 2 aliphatic rings. The number of fused-ring (bicyclic) bond motifs is 1. The van der Waals surface area contributed by atoms with Gasteiger partial charge < -0.3 is 14.8 Å². The maximum absolute atomic E-state index is 12.0. The molecule has 1 aromatic carbocycles. The van der Waals surface area contributed by atoms with E-state index in [2.05, 4.69) is 5.32 Å². The summed E-state index contributed by atoms with van der Waals surface area (Å²) in [5.41, 5.74) is 0.956. The Balaban J connectivity index is 1.58. The number of hydrogen-bond acceptors (Lipinski definition) is 4. The van der Waals surface area contributed by atoms with E-state index in [0.717, 1.165) is 5.56 Å². The van der Waals surface area contributed by atoms with Crippen molar-refractivity contribution in [1.29, 1.82) is 0 Å². The lowest BCUT2D eigenvalue weighted by Crippen LogP contribution is -2.38. The number of carbonyl (C=O) groups excluding carboxylic acids is 2. The van der Waals surface area contributed by atoms with Crippen molar-refractivity contribution in [3.05, 3.63) is 35.9 Å². The van der Waals surface area contributed by atoms with Crippen LogP contribution < -0.4 is 5.32 Å². The molecule has 5 heteroatoms. The average Bonchev–Trinajstić information content (AvgIpc) is 2.96. The van der Waals surface area contributed by atoms with Gasteiger partial charge in [-0.05, 0) is 18.4 Å². The van der Waals surface area contributed by atoms with Crippen LogP contribution >= 0.6 is 0 Å². The highest BCUT2D eigenvalue weighted by atomic mass is 16.6. The van der Waals surface area contributed by atoms with Gasteiger partial charge in [0.1, 0.15) is 12.7 Å². The second-order valence-electron chi connectivity index (χ2n) is 4.89. The number of carbonyl (C=O) groups is 2. The minimum atomic E-state index is -0.435. The summed E-state index contributed by atoms with van der Waals surface area (Å²) in [4.78, 5) is 23.2. The van der Waals surface area contributed by atoms with E-state index in [0.29, 0.717) is 12.8 Å². The normalized spacial score (nSPS) is 28.4. The largest absolute Gasteiger partial charge is 0.461 e. The van der Waals surface area contributed by atoms with Gasteiger partial charge in [-0.3, -0.25) is 4.79 Å². The molecule has 0 unspecified atom stereocenters. The molecule has 0 bridgehead atoms. The fraction of sp³-hybridized carbons (Fsp3) is 0.429. The van der Waals surface area contributed by atoms with Gasteiger partial charge in [-0.1, -0.05) is 30.3 Å². The minimum Gasteiger partial charge on any atom is -0.461 e. The Kier molecular flexibility index (Phi) is 3.11. The zero-order valence-corrected chi connectivity index (χ0v) is 10.4. The first-order valence-electron chi connectivity index (χ1n) is 6.42. The first kappa shape index (κ1) is 12.0. The van der Waals surface area contributed by atoms with Crippen molar-refractivity contribution in [1.82, 2.24) is 5.32 Å². The molecule has 0 aromatic heterocycles. The first-order valence-corrected chi connectivity index (χ1v) is 6.42. The number of ether oxygens (including phenoxy) is 2. The van der Waals surface area contributed by atoms with E-state index in [1.165, 1.54) is 0 Å². The number of esters is 1. The van der Waals surface area contributed by atoms with Crippen LogP contribution in [0.25, 0.3) is 0 Å². The summed E-state index contributed by atoms with van der Waals surface area (Å²) >= 11 is 0. The van der Waals surface area contributed by atoms with E-state index in [1.807, 2.05) is 30.3 Å². The maximum Gasteiger partial charge on any atom is 0.407 e. The molecule has 1 aliphatic heterocycles. The third-order valence-electron chi connectivity index (χ3n) is 3.67. The molecule has 19 heavy (non-hydrogen) atoms. The van der Waals surface area contributed by atoms with Crippen LogP contribution in [-0.4, -0.2) is 24.2 Å². The van der Waals surface area contributed by atoms with Gasteiger partial charge in [0.25, 0.3) is 0 Å². The van der Waals surface area contributed by atoms with E-state index in [1.54, 1.807) is 0 Å². The molecule has 1 heterocycles. The van der Waals surface area contributed by atoms with Crippen LogP contribution in [0.5, 0.6) is 0 Å². The number of hydrogen-bond donors (Lipinski definition) is 1. The standard InChI is InChI=1S/C14H15NO4/c16-13(18-8-9-4-2-1-3-5-9)10-6-7-11-12(10)15-14(17)19-11/h1-5,10-12H,6-8H2,(H,15,17)/t10-,11+,12-/m1/s1. The van der Waals surface area contributed by atoms with Gasteiger partial charge in [0.2, 0.25) is 0 Å². The monoisotopic (exact) mass is 261 g/mol. The molecule has 0 radical (unpaired) electrons. The molecule has 2 fully saturated rings. The fourth-order valence-electron chi connectivity index (χ4n) is 2.70. The van der Waals surface area contributed by atoms with Crippen LogP contribution in [0.4, 0.5) is 4.79 Å². The number of nitrogens with one attached hydrogen (secondary N) is 1. The highest BCUT2D eigenvalue weighted by Crippen LogP contribution is 2.33. The van der Waals surface area contributed by atoms with Crippen molar-refractivity contribution >= 4 is 12.1 Å².